The Hall–Kier alpha value is -0.980. The van der Waals surface area contributed by atoms with Gasteiger partial charge in [0.05, 0.1) is 17.2 Å². The molecule has 1 aromatic carbocycles. The molecule has 0 aliphatic carbocycles. The molecule has 2 aromatic rings. The molecule has 0 saturated carbocycles. The number of nitrogens with zero attached hydrogens (tertiary/aromatic N) is 3. The smallest absolute Gasteiger partial charge is 0.212 e. The molecule has 0 aliphatic rings. The monoisotopic (exact) mass is 413 g/mol. The highest BCUT2D eigenvalue weighted by Gasteiger charge is 2.20. The quantitative estimate of drug-likeness (QED) is 0.702. The topological polar surface area (TPSA) is 38.1 Å². The van der Waals surface area contributed by atoms with Crippen LogP contribution in [0.5, 0.6) is 0 Å². The first-order chi connectivity index (χ1) is 9.90. The average Bonchev–Trinajstić information content (AvgIpc) is 2.77. The lowest BCUT2D eigenvalue weighted by molar-refractivity contribution is 0.102. The molecule has 112 valence electrons. The minimum absolute atomic E-state index is 0.0110. The van der Waals surface area contributed by atoms with Gasteiger partial charge in [0, 0.05) is 16.6 Å². The van der Waals surface area contributed by atoms with E-state index in [4.69, 9.17) is 0 Å². The van der Waals surface area contributed by atoms with E-state index in [2.05, 4.69) is 41.9 Å². The molecular formula is C15H17Br2N3O. The highest BCUT2D eigenvalue weighted by atomic mass is 79.9. The Kier molecular flexibility index (Phi) is 5.35. The van der Waals surface area contributed by atoms with Crippen LogP contribution in [0.4, 0.5) is 0 Å². The van der Waals surface area contributed by atoms with Crippen LogP contribution < -0.4 is 0 Å². The molecule has 4 nitrogen and oxygen atoms in total. The molecule has 0 spiro atoms. The van der Waals surface area contributed by atoms with Crippen molar-refractivity contribution in [2.75, 3.05) is 20.6 Å². The maximum absolute atomic E-state index is 12.8. The summed E-state index contributed by atoms with van der Waals surface area (Å²) in [6.45, 7) is 3.44. The van der Waals surface area contributed by atoms with Gasteiger partial charge in [-0.3, -0.25) is 9.48 Å². The van der Waals surface area contributed by atoms with Gasteiger partial charge in [0.25, 0.3) is 0 Å². The zero-order valence-electron chi connectivity index (χ0n) is 12.2. The molecule has 0 fully saturated rings. The fourth-order valence-electron chi connectivity index (χ4n) is 2.06. The van der Waals surface area contributed by atoms with E-state index in [1.807, 2.05) is 39.2 Å². The minimum atomic E-state index is -0.0110. The zero-order chi connectivity index (χ0) is 15.6. The highest BCUT2D eigenvalue weighted by molar-refractivity contribution is 9.10. The summed E-state index contributed by atoms with van der Waals surface area (Å²) in [7, 11) is 4.00. The fourth-order valence-corrected chi connectivity index (χ4v) is 3.01. The zero-order valence-corrected chi connectivity index (χ0v) is 15.4. The molecule has 6 heteroatoms. The molecule has 0 aliphatic heterocycles. The van der Waals surface area contributed by atoms with Crippen LogP contribution in [0.2, 0.25) is 0 Å². The lowest BCUT2D eigenvalue weighted by Gasteiger charge is -2.12. The summed E-state index contributed by atoms with van der Waals surface area (Å²) in [6.07, 6.45) is 1.68. The van der Waals surface area contributed by atoms with E-state index < -0.39 is 0 Å². The molecule has 0 saturated heterocycles. The first kappa shape index (κ1) is 16.4. The number of ketones is 1. The summed E-state index contributed by atoms with van der Waals surface area (Å²) < 4.78 is 3.46. The third-order valence-electron chi connectivity index (χ3n) is 3.20. The first-order valence-corrected chi connectivity index (χ1v) is 8.15. The molecule has 0 radical (unpaired) electrons. The van der Waals surface area contributed by atoms with E-state index >= 15 is 0 Å². The average molecular weight is 415 g/mol. The van der Waals surface area contributed by atoms with E-state index in [0.717, 1.165) is 21.1 Å². The largest absolute Gasteiger partial charge is 0.308 e. The highest BCUT2D eigenvalue weighted by Crippen LogP contribution is 2.23. The number of carbonyl (C=O) groups is 1. The second-order valence-electron chi connectivity index (χ2n) is 5.16. The van der Waals surface area contributed by atoms with Gasteiger partial charge in [0.1, 0.15) is 5.69 Å². The van der Waals surface area contributed by atoms with Crippen molar-refractivity contribution in [1.82, 2.24) is 14.7 Å². The molecule has 0 unspecified atom stereocenters. The van der Waals surface area contributed by atoms with Crippen molar-refractivity contribution in [3.8, 4) is 0 Å². The molecule has 0 amide bonds. The summed E-state index contributed by atoms with van der Waals surface area (Å²) in [6, 6.07) is 5.67. The lowest BCUT2D eigenvalue weighted by atomic mass is 10.0. The van der Waals surface area contributed by atoms with Gasteiger partial charge in [-0.2, -0.15) is 5.10 Å². The minimum Gasteiger partial charge on any atom is -0.308 e. The second kappa shape index (κ2) is 6.85. The third kappa shape index (κ3) is 3.81. The van der Waals surface area contributed by atoms with Crippen LogP contribution in [0.25, 0.3) is 0 Å². The van der Waals surface area contributed by atoms with Crippen LogP contribution in [0.15, 0.2) is 33.3 Å². The second-order valence-corrected chi connectivity index (χ2v) is 6.93. The summed E-state index contributed by atoms with van der Waals surface area (Å²) >= 11 is 6.85. The molecular weight excluding hydrogens is 398 g/mol. The van der Waals surface area contributed by atoms with Gasteiger partial charge in [-0.25, -0.2) is 0 Å². The predicted molar refractivity (Wildman–Crippen MR) is 90.8 cm³/mol. The van der Waals surface area contributed by atoms with Gasteiger partial charge < -0.3 is 4.90 Å². The molecule has 2 rings (SSSR count). The van der Waals surface area contributed by atoms with E-state index in [1.165, 1.54) is 0 Å². The van der Waals surface area contributed by atoms with Crippen molar-refractivity contribution in [2.24, 2.45) is 0 Å². The van der Waals surface area contributed by atoms with Gasteiger partial charge in [0.2, 0.25) is 5.78 Å². The number of carbonyl (C=O) groups excluding carboxylic acids is 1. The summed E-state index contributed by atoms with van der Waals surface area (Å²) in [4.78, 5) is 14.9. The van der Waals surface area contributed by atoms with Crippen LogP contribution in [0.3, 0.4) is 0 Å². The molecule has 0 bridgehead atoms. The Labute approximate surface area is 141 Å². The van der Waals surface area contributed by atoms with Crippen LogP contribution in [0, 0.1) is 6.92 Å². The molecule has 0 atom stereocenters. The van der Waals surface area contributed by atoms with Crippen LogP contribution in [-0.2, 0) is 6.54 Å². The Balaban J connectivity index is 2.36. The SMILES string of the molecule is Cc1cc(Br)ccc1C(=O)c1c(Br)cnn1CCN(C)C. The number of rotatable bonds is 5. The number of hydrogen-bond acceptors (Lipinski definition) is 3. The summed E-state index contributed by atoms with van der Waals surface area (Å²) in [5, 5.41) is 4.29. The van der Waals surface area contributed by atoms with E-state index in [1.54, 1.807) is 10.9 Å². The van der Waals surface area contributed by atoms with Crippen molar-refractivity contribution in [3.63, 3.8) is 0 Å². The maximum atomic E-state index is 12.8. The lowest BCUT2D eigenvalue weighted by Crippen LogP contribution is -2.22. The first-order valence-electron chi connectivity index (χ1n) is 6.57. The van der Waals surface area contributed by atoms with Crippen molar-refractivity contribution in [2.45, 2.75) is 13.5 Å². The molecule has 1 heterocycles. The van der Waals surface area contributed by atoms with Crippen molar-refractivity contribution >= 4 is 37.6 Å². The van der Waals surface area contributed by atoms with Crippen LogP contribution >= 0.6 is 31.9 Å². The Morgan fingerprint density at radius 3 is 2.67 bits per heavy atom. The molecule has 21 heavy (non-hydrogen) atoms. The predicted octanol–water partition coefficient (Wildman–Crippen LogP) is 3.51. The Morgan fingerprint density at radius 2 is 2.05 bits per heavy atom. The van der Waals surface area contributed by atoms with E-state index in [0.29, 0.717) is 17.8 Å². The number of benzene rings is 1. The summed E-state index contributed by atoms with van der Waals surface area (Å²) in [5.41, 5.74) is 2.24. The van der Waals surface area contributed by atoms with Gasteiger partial charge in [-0.15, -0.1) is 0 Å². The molecule has 1 aromatic heterocycles. The standard InChI is InChI=1S/C15H17Br2N3O/c1-10-8-11(16)4-5-12(10)15(21)14-13(17)9-18-20(14)7-6-19(2)3/h4-5,8-9H,6-7H2,1-3H3. The number of aromatic nitrogens is 2. The number of halogens is 2. The van der Waals surface area contributed by atoms with Crippen LogP contribution in [-0.4, -0.2) is 41.1 Å². The fraction of sp³-hybridized carbons (Fsp3) is 0.333. The number of aryl methyl sites for hydroxylation is 1. The maximum Gasteiger partial charge on any atom is 0.212 e. The third-order valence-corrected chi connectivity index (χ3v) is 4.28. The normalized spacial score (nSPS) is 11.1. The Bertz CT molecular complexity index is 665. The van der Waals surface area contributed by atoms with Crippen LogP contribution in [0.1, 0.15) is 21.6 Å². The molecule has 0 N–H and O–H groups in total. The summed E-state index contributed by atoms with van der Waals surface area (Å²) in [5.74, 6) is -0.0110. The number of hydrogen-bond donors (Lipinski definition) is 0. The van der Waals surface area contributed by atoms with Crippen molar-refractivity contribution in [1.29, 1.82) is 0 Å². The van der Waals surface area contributed by atoms with Gasteiger partial charge >= 0.3 is 0 Å². The van der Waals surface area contributed by atoms with Gasteiger partial charge in [0.15, 0.2) is 0 Å². The number of likely N-dealkylation sites (N-methyl/N-ethyl adjacent to an activating group) is 1. The van der Waals surface area contributed by atoms with E-state index in [9.17, 15) is 4.79 Å². The van der Waals surface area contributed by atoms with E-state index in [-0.39, 0.29) is 5.78 Å². The van der Waals surface area contributed by atoms with Gasteiger partial charge in [-0.05, 0) is 60.7 Å². The van der Waals surface area contributed by atoms with Gasteiger partial charge in [-0.1, -0.05) is 15.9 Å². The van der Waals surface area contributed by atoms with Crippen molar-refractivity contribution < 1.29 is 4.79 Å². The Morgan fingerprint density at radius 1 is 1.33 bits per heavy atom. The van der Waals surface area contributed by atoms with Crippen molar-refractivity contribution in [3.05, 3.63) is 50.2 Å².